The molecule has 0 aliphatic heterocycles. The summed E-state index contributed by atoms with van der Waals surface area (Å²) in [6.45, 7) is 0. The molecule has 7 nitrogen and oxygen atoms in total. The number of benzene rings is 2. The average molecular weight is 392 g/mol. The maximum absolute atomic E-state index is 11.9. The summed E-state index contributed by atoms with van der Waals surface area (Å²) < 4.78 is 6.04. The Hall–Kier alpha value is -2.87. The van der Waals surface area contributed by atoms with E-state index < -0.39 is 11.0 Å². The minimum atomic E-state index is -0.546. The molecule has 0 spiro atoms. The van der Waals surface area contributed by atoms with E-state index in [1.54, 1.807) is 6.08 Å². The van der Waals surface area contributed by atoms with E-state index in [9.17, 15) is 14.9 Å². The lowest BCUT2D eigenvalue weighted by Crippen LogP contribution is -2.24. The molecule has 2 aromatic carbocycles. The molecule has 8 heteroatoms. The van der Waals surface area contributed by atoms with Gasteiger partial charge in [0, 0.05) is 22.8 Å². The monoisotopic (exact) mass is 391 g/mol. The van der Waals surface area contributed by atoms with E-state index in [4.69, 9.17) is 4.74 Å². The summed E-state index contributed by atoms with van der Waals surface area (Å²) in [5, 5.41) is 15.9. The first-order chi connectivity index (χ1) is 11.5. The quantitative estimate of drug-likeness (QED) is 0.590. The fourth-order valence-electron chi connectivity index (χ4n) is 1.85. The van der Waals surface area contributed by atoms with Crippen molar-refractivity contribution in [3.63, 3.8) is 0 Å². The van der Waals surface area contributed by atoms with E-state index >= 15 is 0 Å². The van der Waals surface area contributed by atoms with E-state index in [-0.39, 0.29) is 11.4 Å². The third-order valence-corrected chi connectivity index (χ3v) is 3.53. The van der Waals surface area contributed by atoms with E-state index in [0.717, 1.165) is 10.0 Å². The van der Waals surface area contributed by atoms with Crippen LogP contribution in [-0.4, -0.2) is 18.1 Å². The van der Waals surface area contributed by atoms with Gasteiger partial charge in [0.05, 0.1) is 17.7 Å². The summed E-state index contributed by atoms with van der Waals surface area (Å²) in [6.07, 6.45) is 3.19. The number of non-ortho nitro benzene ring substituents is 1. The number of carbonyl (C=O) groups is 1. The van der Waals surface area contributed by atoms with Crippen molar-refractivity contribution >= 4 is 39.4 Å². The summed E-state index contributed by atoms with van der Waals surface area (Å²) in [4.78, 5) is 22.2. The number of ether oxygens (including phenoxy) is 1. The molecule has 2 aromatic rings. The molecule has 0 aliphatic rings. The molecule has 2 rings (SSSR count). The second-order valence-electron chi connectivity index (χ2n) is 4.63. The summed E-state index contributed by atoms with van der Waals surface area (Å²) in [7, 11) is 1.41. The Morgan fingerprint density at radius 2 is 1.96 bits per heavy atom. The van der Waals surface area contributed by atoms with Crippen LogP contribution in [0.4, 0.5) is 16.2 Å². The smallest absolute Gasteiger partial charge is 0.323 e. The number of hydrogen-bond donors (Lipinski definition) is 2. The van der Waals surface area contributed by atoms with Gasteiger partial charge in [-0.25, -0.2) is 4.79 Å². The molecule has 2 amide bonds. The highest BCUT2D eigenvalue weighted by Crippen LogP contribution is 2.28. The standard InChI is InChI=1S/C16H14BrN3O4/c1-24-15-7-6-13(20(22)23)10-14(15)19-16(21)18-9-8-11-2-4-12(17)5-3-11/h2-10H,1H3,(H2,18,19,21)/b9-8+. The van der Waals surface area contributed by atoms with E-state index in [2.05, 4.69) is 26.6 Å². The van der Waals surface area contributed by atoms with Gasteiger partial charge in [-0.05, 0) is 29.8 Å². The van der Waals surface area contributed by atoms with Crippen LogP contribution < -0.4 is 15.4 Å². The Morgan fingerprint density at radius 1 is 1.25 bits per heavy atom. The van der Waals surface area contributed by atoms with Gasteiger partial charge in [-0.15, -0.1) is 0 Å². The molecule has 0 aromatic heterocycles. The van der Waals surface area contributed by atoms with Crippen LogP contribution in [-0.2, 0) is 0 Å². The number of nitrogens with one attached hydrogen (secondary N) is 2. The minimum absolute atomic E-state index is 0.142. The van der Waals surface area contributed by atoms with Crippen LogP contribution in [0, 0.1) is 10.1 Å². The number of anilines is 1. The lowest BCUT2D eigenvalue weighted by atomic mass is 10.2. The van der Waals surface area contributed by atoms with Crippen LogP contribution in [0.2, 0.25) is 0 Å². The highest BCUT2D eigenvalue weighted by Gasteiger charge is 2.13. The highest BCUT2D eigenvalue weighted by molar-refractivity contribution is 9.10. The fraction of sp³-hybridized carbons (Fsp3) is 0.0625. The zero-order chi connectivity index (χ0) is 17.5. The Balaban J connectivity index is 2.02. The lowest BCUT2D eigenvalue weighted by Gasteiger charge is -2.09. The minimum Gasteiger partial charge on any atom is -0.495 e. The normalized spacial score (nSPS) is 10.4. The first-order valence-corrected chi connectivity index (χ1v) is 7.61. The van der Waals surface area contributed by atoms with Gasteiger partial charge in [-0.3, -0.25) is 10.1 Å². The van der Waals surface area contributed by atoms with E-state index in [1.807, 2.05) is 24.3 Å². The van der Waals surface area contributed by atoms with Crippen molar-refractivity contribution in [3.05, 3.63) is 68.8 Å². The van der Waals surface area contributed by atoms with Gasteiger partial charge in [0.25, 0.3) is 5.69 Å². The van der Waals surface area contributed by atoms with Crippen molar-refractivity contribution in [2.75, 3.05) is 12.4 Å². The number of nitro benzene ring substituents is 1. The Bertz CT molecular complexity index is 775. The fourth-order valence-corrected chi connectivity index (χ4v) is 2.12. The molecule has 0 heterocycles. The van der Waals surface area contributed by atoms with Gasteiger partial charge >= 0.3 is 6.03 Å². The summed E-state index contributed by atoms with van der Waals surface area (Å²) in [5.41, 5.74) is 0.976. The topological polar surface area (TPSA) is 93.5 Å². The number of halogens is 1. The zero-order valence-corrected chi connectivity index (χ0v) is 14.2. The van der Waals surface area contributed by atoms with Gasteiger partial charge in [0.1, 0.15) is 5.75 Å². The molecule has 0 radical (unpaired) electrons. The average Bonchev–Trinajstić information content (AvgIpc) is 2.56. The molecule has 0 fully saturated rings. The Labute approximate surface area is 146 Å². The van der Waals surface area contributed by atoms with Crippen molar-refractivity contribution in [1.82, 2.24) is 5.32 Å². The van der Waals surface area contributed by atoms with Crippen LogP contribution in [0.15, 0.2) is 53.1 Å². The number of carbonyl (C=O) groups excluding carboxylic acids is 1. The Kier molecular flexibility index (Phi) is 5.91. The molecule has 0 atom stereocenters. The number of rotatable bonds is 5. The number of nitrogens with zero attached hydrogens (tertiary/aromatic N) is 1. The lowest BCUT2D eigenvalue weighted by molar-refractivity contribution is -0.384. The van der Waals surface area contributed by atoms with Gasteiger partial charge in [0.2, 0.25) is 0 Å². The van der Waals surface area contributed by atoms with Crippen LogP contribution >= 0.6 is 15.9 Å². The molecular formula is C16H14BrN3O4. The van der Waals surface area contributed by atoms with Gasteiger partial charge in [-0.2, -0.15) is 0 Å². The molecule has 124 valence electrons. The molecular weight excluding hydrogens is 378 g/mol. The summed E-state index contributed by atoms with van der Waals surface area (Å²) in [5.74, 6) is 0.327. The third kappa shape index (κ3) is 4.82. The first-order valence-electron chi connectivity index (χ1n) is 6.81. The van der Waals surface area contributed by atoms with Crippen molar-refractivity contribution < 1.29 is 14.5 Å². The SMILES string of the molecule is COc1ccc([N+](=O)[O-])cc1NC(=O)N/C=C/c1ccc(Br)cc1. The van der Waals surface area contributed by atoms with Crippen LogP contribution in [0.3, 0.4) is 0 Å². The maximum Gasteiger partial charge on any atom is 0.323 e. The van der Waals surface area contributed by atoms with Crippen molar-refractivity contribution in [2.24, 2.45) is 0 Å². The molecule has 0 saturated heterocycles. The van der Waals surface area contributed by atoms with Crippen molar-refractivity contribution in [1.29, 1.82) is 0 Å². The number of nitro groups is 1. The highest BCUT2D eigenvalue weighted by atomic mass is 79.9. The second-order valence-corrected chi connectivity index (χ2v) is 5.54. The molecule has 0 saturated carbocycles. The predicted octanol–water partition coefficient (Wildman–Crippen LogP) is 4.16. The number of amides is 2. The van der Waals surface area contributed by atoms with E-state index in [1.165, 1.54) is 31.5 Å². The number of urea groups is 1. The third-order valence-electron chi connectivity index (χ3n) is 3.00. The Morgan fingerprint density at radius 3 is 2.58 bits per heavy atom. The van der Waals surface area contributed by atoms with Gasteiger partial charge in [0.15, 0.2) is 0 Å². The first kappa shape index (κ1) is 17.5. The second kappa shape index (κ2) is 8.11. The molecule has 0 bridgehead atoms. The van der Waals surface area contributed by atoms with Crippen molar-refractivity contribution in [2.45, 2.75) is 0 Å². The van der Waals surface area contributed by atoms with Gasteiger partial charge in [-0.1, -0.05) is 28.1 Å². The van der Waals surface area contributed by atoms with Crippen molar-refractivity contribution in [3.8, 4) is 5.75 Å². The largest absolute Gasteiger partial charge is 0.495 e. The molecule has 0 unspecified atom stereocenters. The van der Waals surface area contributed by atoms with Crippen LogP contribution in [0.25, 0.3) is 6.08 Å². The van der Waals surface area contributed by atoms with Crippen LogP contribution in [0.5, 0.6) is 5.75 Å². The van der Waals surface area contributed by atoms with Gasteiger partial charge < -0.3 is 15.4 Å². The maximum atomic E-state index is 11.9. The summed E-state index contributed by atoms with van der Waals surface area (Å²) in [6, 6.07) is 10.9. The molecule has 24 heavy (non-hydrogen) atoms. The summed E-state index contributed by atoms with van der Waals surface area (Å²) >= 11 is 3.34. The zero-order valence-electron chi connectivity index (χ0n) is 12.7. The number of methoxy groups -OCH3 is 1. The molecule has 0 aliphatic carbocycles. The van der Waals surface area contributed by atoms with Crippen LogP contribution in [0.1, 0.15) is 5.56 Å². The predicted molar refractivity (Wildman–Crippen MR) is 95.0 cm³/mol. The number of hydrogen-bond acceptors (Lipinski definition) is 4. The molecule has 2 N–H and O–H groups in total. The van der Waals surface area contributed by atoms with E-state index in [0.29, 0.717) is 5.75 Å².